The van der Waals surface area contributed by atoms with Gasteiger partial charge in [0.05, 0.1) is 18.2 Å². The molecule has 110 valence electrons. The zero-order valence-corrected chi connectivity index (χ0v) is 11.5. The topological polar surface area (TPSA) is 122 Å². The van der Waals surface area contributed by atoms with Gasteiger partial charge in [-0.25, -0.2) is 4.79 Å². The van der Waals surface area contributed by atoms with Crippen molar-refractivity contribution in [1.29, 1.82) is 0 Å². The van der Waals surface area contributed by atoms with Crippen molar-refractivity contribution in [3.63, 3.8) is 0 Å². The van der Waals surface area contributed by atoms with Gasteiger partial charge >= 0.3 is 12.0 Å². The molecule has 0 aliphatic heterocycles. The molecule has 0 aliphatic carbocycles. The summed E-state index contributed by atoms with van der Waals surface area (Å²) in [5.74, 6) is -1.15. The molecule has 3 amide bonds. The summed E-state index contributed by atoms with van der Waals surface area (Å²) in [5.41, 5.74) is 1.41. The number of aryl methyl sites for hydroxylation is 2. The number of carbonyl (C=O) groups is 3. The number of carboxylic acids is 1. The summed E-state index contributed by atoms with van der Waals surface area (Å²) in [6.45, 7) is 5.21. The third-order valence-corrected chi connectivity index (χ3v) is 2.69. The molecular formula is C12H17N3O5. The predicted octanol–water partition coefficient (Wildman–Crippen LogP) is 1.04. The molecule has 20 heavy (non-hydrogen) atoms. The Bertz CT molecular complexity index is 504. The van der Waals surface area contributed by atoms with Crippen LogP contribution in [0.4, 0.5) is 4.79 Å². The van der Waals surface area contributed by atoms with Crippen molar-refractivity contribution in [3.8, 4) is 0 Å². The van der Waals surface area contributed by atoms with Crippen molar-refractivity contribution in [1.82, 2.24) is 15.8 Å². The molecule has 0 saturated heterocycles. The second-order valence-corrected chi connectivity index (χ2v) is 4.37. The number of hydrogen-bond acceptors (Lipinski definition) is 5. The van der Waals surface area contributed by atoms with Crippen LogP contribution in [0.2, 0.25) is 0 Å². The van der Waals surface area contributed by atoms with Gasteiger partial charge in [0.15, 0.2) is 0 Å². The van der Waals surface area contributed by atoms with Crippen LogP contribution >= 0.6 is 0 Å². The Balaban J connectivity index is 2.50. The monoisotopic (exact) mass is 283 g/mol. The highest BCUT2D eigenvalue weighted by molar-refractivity contribution is 5.95. The average molecular weight is 283 g/mol. The molecule has 0 aliphatic rings. The van der Waals surface area contributed by atoms with E-state index in [0.29, 0.717) is 11.5 Å². The van der Waals surface area contributed by atoms with E-state index in [2.05, 4.69) is 15.8 Å². The quantitative estimate of drug-likeness (QED) is 0.742. The van der Waals surface area contributed by atoms with Gasteiger partial charge in [-0.2, -0.15) is 0 Å². The van der Waals surface area contributed by atoms with E-state index in [0.717, 1.165) is 5.56 Å². The maximum atomic E-state index is 11.6. The van der Waals surface area contributed by atoms with Crippen LogP contribution in [0, 0.1) is 13.8 Å². The number of nitrogens with zero attached hydrogens (tertiary/aromatic N) is 1. The number of carbonyl (C=O) groups excluding carboxylic acids is 2. The number of nitrogens with one attached hydrogen (secondary N) is 2. The summed E-state index contributed by atoms with van der Waals surface area (Å²) < 4.78 is 4.99. The summed E-state index contributed by atoms with van der Waals surface area (Å²) in [5, 5.41) is 16.8. The average Bonchev–Trinajstić information content (AvgIpc) is 2.66. The molecule has 0 aromatic carbocycles. The Kier molecular flexibility index (Phi) is 5.24. The second-order valence-electron chi connectivity index (χ2n) is 4.37. The zero-order chi connectivity index (χ0) is 15.3. The van der Waals surface area contributed by atoms with Crippen molar-refractivity contribution in [3.05, 3.63) is 17.0 Å². The highest BCUT2D eigenvalue weighted by Gasteiger charge is 2.19. The summed E-state index contributed by atoms with van der Waals surface area (Å²) >= 11 is 0. The molecule has 8 nitrogen and oxygen atoms in total. The van der Waals surface area contributed by atoms with Gasteiger partial charge in [-0.05, 0) is 20.8 Å². The third kappa shape index (κ3) is 4.38. The van der Waals surface area contributed by atoms with Gasteiger partial charge in [-0.3, -0.25) is 14.9 Å². The number of aliphatic carboxylic acids is 1. The molecule has 0 saturated carbocycles. The largest absolute Gasteiger partial charge is 0.481 e. The van der Waals surface area contributed by atoms with Crippen LogP contribution in [0.5, 0.6) is 0 Å². The summed E-state index contributed by atoms with van der Waals surface area (Å²) in [4.78, 5) is 33.2. The van der Waals surface area contributed by atoms with Crippen molar-refractivity contribution in [2.45, 2.75) is 39.7 Å². The van der Waals surface area contributed by atoms with Gasteiger partial charge in [0.2, 0.25) is 5.91 Å². The molecule has 8 heteroatoms. The van der Waals surface area contributed by atoms with Gasteiger partial charge in [-0.1, -0.05) is 5.16 Å². The second kappa shape index (κ2) is 6.69. The number of carboxylic acid groups (broad SMARTS) is 1. The first kappa shape index (κ1) is 15.7. The lowest BCUT2D eigenvalue weighted by molar-refractivity contribution is -0.138. The number of aromatic nitrogens is 1. The van der Waals surface area contributed by atoms with E-state index in [9.17, 15) is 14.4 Å². The van der Waals surface area contributed by atoms with Gasteiger partial charge in [0.1, 0.15) is 5.76 Å². The van der Waals surface area contributed by atoms with Crippen LogP contribution in [-0.4, -0.2) is 28.2 Å². The number of imide groups is 1. The molecular weight excluding hydrogens is 266 g/mol. The standard InChI is InChI=1S/C12H17N3O5/c1-6(11-7(2)15-20-8(11)3)13-12(19)14-9(16)4-5-10(17)18/h6H,4-5H2,1-3H3,(H,17,18)(H2,13,14,16,19). The Hall–Kier alpha value is -2.38. The lowest BCUT2D eigenvalue weighted by Gasteiger charge is -2.13. The first-order valence-corrected chi connectivity index (χ1v) is 6.06. The minimum absolute atomic E-state index is 0.248. The molecule has 1 atom stereocenters. The lowest BCUT2D eigenvalue weighted by Crippen LogP contribution is -2.40. The van der Waals surface area contributed by atoms with Crippen LogP contribution in [0.1, 0.15) is 42.8 Å². The number of rotatable bonds is 5. The lowest BCUT2D eigenvalue weighted by atomic mass is 10.1. The van der Waals surface area contributed by atoms with Crippen LogP contribution in [0.3, 0.4) is 0 Å². The van der Waals surface area contributed by atoms with E-state index in [1.54, 1.807) is 20.8 Å². The molecule has 3 N–H and O–H groups in total. The molecule has 1 aromatic rings. The van der Waals surface area contributed by atoms with E-state index in [1.165, 1.54) is 0 Å². The molecule has 1 rings (SSSR count). The molecule has 0 radical (unpaired) electrons. The smallest absolute Gasteiger partial charge is 0.321 e. The molecule has 0 spiro atoms. The van der Waals surface area contributed by atoms with Crippen molar-refractivity contribution in [2.24, 2.45) is 0 Å². The fourth-order valence-corrected chi connectivity index (χ4v) is 1.82. The minimum atomic E-state index is -1.09. The zero-order valence-electron chi connectivity index (χ0n) is 11.5. The van der Waals surface area contributed by atoms with Crippen molar-refractivity contribution in [2.75, 3.05) is 0 Å². The van der Waals surface area contributed by atoms with E-state index >= 15 is 0 Å². The Labute approximate surface area is 115 Å². The first-order valence-electron chi connectivity index (χ1n) is 6.06. The minimum Gasteiger partial charge on any atom is -0.481 e. The fourth-order valence-electron chi connectivity index (χ4n) is 1.82. The van der Waals surface area contributed by atoms with E-state index in [4.69, 9.17) is 9.63 Å². The molecule has 0 bridgehead atoms. The molecule has 1 aromatic heterocycles. The van der Waals surface area contributed by atoms with Gasteiger partial charge < -0.3 is 14.9 Å². The number of urea groups is 1. The molecule has 1 heterocycles. The van der Waals surface area contributed by atoms with Gasteiger partial charge in [0.25, 0.3) is 0 Å². The Morgan fingerprint density at radius 2 is 1.95 bits per heavy atom. The molecule has 1 unspecified atom stereocenters. The highest BCUT2D eigenvalue weighted by atomic mass is 16.5. The van der Waals surface area contributed by atoms with Gasteiger partial charge in [-0.15, -0.1) is 0 Å². The Morgan fingerprint density at radius 1 is 1.30 bits per heavy atom. The Morgan fingerprint density at radius 3 is 2.45 bits per heavy atom. The highest BCUT2D eigenvalue weighted by Crippen LogP contribution is 2.20. The summed E-state index contributed by atoms with van der Waals surface area (Å²) in [7, 11) is 0. The van der Waals surface area contributed by atoms with E-state index < -0.39 is 17.9 Å². The fraction of sp³-hybridized carbons (Fsp3) is 0.500. The first-order chi connectivity index (χ1) is 9.31. The SMILES string of the molecule is Cc1noc(C)c1C(C)NC(=O)NC(=O)CCC(=O)O. The summed E-state index contributed by atoms with van der Waals surface area (Å²) in [6.07, 6.45) is -0.568. The van der Waals surface area contributed by atoms with Crippen LogP contribution in [0.15, 0.2) is 4.52 Å². The normalized spacial score (nSPS) is 11.8. The van der Waals surface area contributed by atoms with Crippen LogP contribution < -0.4 is 10.6 Å². The van der Waals surface area contributed by atoms with E-state index in [-0.39, 0.29) is 18.9 Å². The molecule has 0 fully saturated rings. The van der Waals surface area contributed by atoms with Gasteiger partial charge in [0, 0.05) is 12.0 Å². The van der Waals surface area contributed by atoms with E-state index in [1.807, 2.05) is 0 Å². The predicted molar refractivity (Wildman–Crippen MR) is 67.9 cm³/mol. The number of hydrogen-bond donors (Lipinski definition) is 3. The van der Waals surface area contributed by atoms with Crippen molar-refractivity contribution >= 4 is 17.9 Å². The third-order valence-electron chi connectivity index (χ3n) is 2.69. The van der Waals surface area contributed by atoms with Crippen LogP contribution in [0.25, 0.3) is 0 Å². The summed E-state index contributed by atoms with van der Waals surface area (Å²) in [6, 6.07) is -1.07. The maximum absolute atomic E-state index is 11.6. The van der Waals surface area contributed by atoms with Crippen LogP contribution in [-0.2, 0) is 9.59 Å². The maximum Gasteiger partial charge on any atom is 0.321 e. The van der Waals surface area contributed by atoms with Crippen molar-refractivity contribution < 1.29 is 24.0 Å². The number of amides is 3.